The maximum atomic E-state index is 13.2. The number of amidine groups is 1. The summed E-state index contributed by atoms with van der Waals surface area (Å²) in [7, 11) is 0. The molecule has 1 saturated heterocycles. The third kappa shape index (κ3) is 4.80. The number of thioether (sulfide) groups is 1. The van der Waals surface area contributed by atoms with Crippen molar-refractivity contribution in [2.45, 2.75) is 27.3 Å². The molecule has 0 unspecified atom stereocenters. The molecule has 0 N–H and O–H groups in total. The number of esters is 1. The van der Waals surface area contributed by atoms with Crippen molar-refractivity contribution in [2.24, 2.45) is 4.99 Å². The van der Waals surface area contributed by atoms with Gasteiger partial charge in [-0.1, -0.05) is 29.8 Å². The van der Waals surface area contributed by atoms with Crippen LogP contribution in [0.3, 0.4) is 0 Å². The fourth-order valence-corrected chi connectivity index (χ4v) is 5.31. The van der Waals surface area contributed by atoms with Crippen molar-refractivity contribution in [2.75, 3.05) is 13.2 Å². The van der Waals surface area contributed by atoms with Gasteiger partial charge in [-0.05, 0) is 78.8 Å². The number of aromatic nitrogens is 1. The Hall–Kier alpha value is -2.55. The molecule has 1 aliphatic heterocycles. The highest BCUT2D eigenvalue weighted by Gasteiger charge is 2.33. The molecule has 4 rings (SSSR count). The van der Waals surface area contributed by atoms with Crippen LogP contribution in [0.4, 0.5) is 5.69 Å². The van der Waals surface area contributed by atoms with Gasteiger partial charge in [-0.15, -0.1) is 0 Å². The van der Waals surface area contributed by atoms with E-state index >= 15 is 0 Å². The van der Waals surface area contributed by atoms with Gasteiger partial charge in [-0.25, -0.2) is 4.99 Å². The number of aliphatic imine (C=N–C) groups is 1. The quantitative estimate of drug-likeness (QED) is 0.253. The Bertz CT molecular complexity index is 1350. The van der Waals surface area contributed by atoms with Crippen LogP contribution in [0.5, 0.6) is 0 Å². The van der Waals surface area contributed by atoms with E-state index in [-0.39, 0.29) is 18.4 Å². The number of ether oxygens (including phenoxy) is 1. The van der Waals surface area contributed by atoms with E-state index in [4.69, 9.17) is 16.3 Å². The second-order valence-corrected chi connectivity index (χ2v) is 9.83. The number of nitrogens with zero attached hydrogens (tertiary/aromatic N) is 3. The summed E-state index contributed by atoms with van der Waals surface area (Å²) < 4.78 is 7.87. The third-order valence-electron chi connectivity index (χ3n) is 5.48. The molecule has 0 spiro atoms. The minimum atomic E-state index is -0.295. The van der Waals surface area contributed by atoms with E-state index < -0.39 is 0 Å². The Morgan fingerprint density at radius 3 is 2.71 bits per heavy atom. The molecule has 34 heavy (non-hydrogen) atoms. The molecule has 0 aliphatic carbocycles. The molecule has 1 aromatic heterocycles. The fourth-order valence-electron chi connectivity index (χ4n) is 3.85. The first-order valence-corrected chi connectivity index (χ1v) is 12.8. The van der Waals surface area contributed by atoms with Gasteiger partial charge >= 0.3 is 5.97 Å². The zero-order valence-electron chi connectivity index (χ0n) is 19.0. The van der Waals surface area contributed by atoms with Crippen molar-refractivity contribution in [3.63, 3.8) is 0 Å². The number of hydrogen-bond acceptors (Lipinski definition) is 5. The maximum absolute atomic E-state index is 13.2. The van der Waals surface area contributed by atoms with Crippen molar-refractivity contribution in [1.82, 2.24) is 9.47 Å². The second-order valence-electron chi connectivity index (χ2n) is 7.56. The summed E-state index contributed by atoms with van der Waals surface area (Å²) in [5, 5.41) is 2.13. The summed E-state index contributed by atoms with van der Waals surface area (Å²) in [5.41, 5.74) is 3.38. The van der Waals surface area contributed by atoms with Crippen molar-refractivity contribution < 1.29 is 14.3 Å². The van der Waals surface area contributed by atoms with Gasteiger partial charge in [0.2, 0.25) is 0 Å². The number of hydrogen-bond donors (Lipinski definition) is 0. The fraction of sp³-hybridized carbons (Fsp3) is 0.240. The van der Waals surface area contributed by atoms with Gasteiger partial charge in [0.25, 0.3) is 5.91 Å². The molecule has 2 heterocycles. The summed E-state index contributed by atoms with van der Waals surface area (Å²) in [4.78, 5) is 32.3. The molecule has 1 fully saturated rings. The third-order valence-corrected chi connectivity index (χ3v) is 7.72. The topological polar surface area (TPSA) is 63.9 Å². The van der Waals surface area contributed by atoms with Gasteiger partial charge < -0.3 is 9.30 Å². The predicted octanol–water partition coefficient (Wildman–Crippen LogP) is 6.55. The lowest BCUT2D eigenvalue weighted by Crippen LogP contribution is -2.28. The number of halogens is 2. The van der Waals surface area contributed by atoms with Crippen molar-refractivity contribution in [3.8, 4) is 0 Å². The summed E-state index contributed by atoms with van der Waals surface area (Å²) >= 11 is 10.9. The SMILES string of the molecule is CCOC(=O)Cn1c(C)c(/C=C2/SC(=Nc3ccc(Br)c(Cl)c3)N(CC)C2=O)c2ccccc21. The highest BCUT2D eigenvalue weighted by atomic mass is 79.9. The molecule has 6 nitrogen and oxygen atoms in total. The number of fused-ring (bicyclic) bond motifs is 1. The Labute approximate surface area is 215 Å². The monoisotopic (exact) mass is 559 g/mol. The predicted molar refractivity (Wildman–Crippen MR) is 143 cm³/mol. The molecule has 9 heteroatoms. The van der Waals surface area contributed by atoms with Gasteiger partial charge in [-0.2, -0.15) is 0 Å². The highest BCUT2D eigenvalue weighted by Crippen LogP contribution is 2.37. The minimum absolute atomic E-state index is 0.101. The Morgan fingerprint density at radius 2 is 2.00 bits per heavy atom. The average Bonchev–Trinajstić information content (AvgIpc) is 3.25. The normalized spacial score (nSPS) is 16.3. The van der Waals surface area contributed by atoms with Crippen LogP contribution in [0.15, 0.2) is 56.8 Å². The van der Waals surface area contributed by atoms with Crippen LogP contribution in [-0.4, -0.2) is 39.7 Å². The van der Waals surface area contributed by atoms with Gasteiger partial charge in [-0.3, -0.25) is 14.5 Å². The van der Waals surface area contributed by atoms with Crippen LogP contribution >= 0.6 is 39.3 Å². The summed E-state index contributed by atoms with van der Waals surface area (Å²) in [6.07, 6.45) is 1.89. The van der Waals surface area contributed by atoms with Gasteiger partial charge in [0, 0.05) is 33.2 Å². The number of para-hydroxylation sites is 1. The molecule has 0 radical (unpaired) electrons. The number of carbonyl (C=O) groups excluding carboxylic acids is 2. The summed E-state index contributed by atoms with van der Waals surface area (Å²) in [6, 6.07) is 13.3. The minimum Gasteiger partial charge on any atom is -0.465 e. The molecule has 176 valence electrons. The number of rotatable bonds is 6. The average molecular weight is 561 g/mol. The molecular formula is C25H23BrClN3O3S. The van der Waals surface area contributed by atoms with Crippen molar-refractivity contribution >= 4 is 79.0 Å². The smallest absolute Gasteiger partial charge is 0.325 e. The number of carbonyl (C=O) groups is 2. The van der Waals surface area contributed by atoms with Crippen LogP contribution in [0.25, 0.3) is 17.0 Å². The lowest BCUT2D eigenvalue weighted by atomic mass is 10.1. The van der Waals surface area contributed by atoms with Crippen LogP contribution < -0.4 is 0 Å². The van der Waals surface area contributed by atoms with Gasteiger partial charge in [0.1, 0.15) is 6.54 Å². The van der Waals surface area contributed by atoms with Gasteiger partial charge in [0.05, 0.1) is 22.2 Å². The van der Waals surface area contributed by atoms with E-state index in [1.807, 2.05) is 60.9 Å². The molecule has 0 bridgehead atoms. The first-order chi connectivity index (χ1) is 16.3. The van der Waals surface area contributed by atoms with E-state index in [2.05, 4.69) is 20.9 Å². The number of amides is 1. The largest absolute Gasteiger partial charge is 0.465 e. The van der Waals surface area contributed by atoms with E-state index in [1.165, 1.54) is 11.8 Å². The molecule has 2 aromatic carbocycles. The molecule has 1 amide bonds. The Balaban J connectivity index is 1.75. The first kappa shape index (κ1) is 24.6. The highest BCUT2D eigenvalue weighted by molar-refractivity contribution is 9.10. The van der Waals surface area contributed by atoms with Crippen LogP contribution in [0, 0.1) is 6.92 Å². The maximum Gasteiger partial charge on any atom is 0.325 e. The van der Waals surface area contributed by atoms with Crippen LogP contribution in [0.2, 0.25) is 5.02 Å². The summed E-state index contributed by atoms with van der Waals surface area (Å²) in [6.45, 7) is 6.60. The zero-order chi connectivity index (χ0) is 24.4. The molecule has 0 atom stereocenters. The molecular weight excluding hydrogens is 538 g/mol. The first-order valence-electron chi connectivity index (χ1n) is 10.8. The molecule has 0 saturated carbocycles. The Morgan fingerprint density at radius 1 is 1.24 bits per heavy atom. The molecule has 3 aromatic rings. The van der Waals surface area contributed by atoms with Crippen LogP contribution in [-0.2, 0) is 20.9 Å². The van der Waals surface area contributed by atoms with Crippen molar-refractivity contribution in [3.05, 3.63) is 68.1 Å². The zero-order valence-corrected chi connectivity index (χ0v) is 22.1. The number of likely N-dealkylation sites (N-methyl/N-ethyl adjacent to an activating group) is 1. The van der Waals surface area contributed by atoms with Crippen molar-refractivity contribution in [1.29, 1.82) is 0 Å². The number of benzene rings is 2. The van der Waals surface area contributed by atoms with E-state index in [9.17, 15) is 9.59 Å². The lowest BCUT2D eigenvalue weighted by molar-refractivity contribution is -0.143. The van der Waals surface area contributed by atoms with E-state index in [0.29, 0.717) is 33.9 Å². The van der Waals surface area contributed by atoms with Gasteiger partial charge in [0.15, 0.2) is 5.17 Å². The van der Waals surface area contributed by atoms with E-state index in [1.54, 1.807) is 17.9 Å². The second kappa shape index (κ2) is 10.4. The van der Waals surface area contributed by atoms with E-state index in [0.717, 1.165) is 26.6 Å². The standard InChI is InChI=1S/C25H23BrClN3O3S/c1-4-29-24(32)22(34-25(29)28-16-10-11-19(26)20(27)12-16)13-18-15(3)30(14-23(31)33-5-2)21-9-7-6-8-17(18)21/h6-13H,4-5,14H2,1-3H3/b22-13+,28-25?. The lowest BCUT2D eigenvalue weighted by Gasteiger charge is -2.12. The summed E-state index contributed by atoms with van der Waals surface area (Å²) in [5.74, 6) is -0.396. The molecule has 1 aliphatic rings. The Kier molecular flexibility index (Phi) is 7.50. The van der Waals surface area contributed by atoms with Crippen LogP contribution in [0.1, 0.15) is 25.1 Å².